The number of methoxy groups -OCH3 is 1. The molecule has 1 aliphatic heterocycles. The molecule has 1 aliphatic rings. The molecule has 0 bridgehead atoms. The highest BCUT2D eigenvalue weighted by molar-refractivity contribution is 4.84. The van der Waals surface area contributed by atoms with Gasteiger partial charge in [0.2, 0.25) is 0 Å². The minimum atomic E-state index is -0.480. The maximum absolute atomic E-state index is 5.77. The normalized spacial score (nSPS) is 19.9. The summed E-state index contributed by atoms with van der Waals surface area (Å²) in [6.45, 7) is 7.91. The van der Waals surface area contributed by atoms with Gasteiger partial charge < -0.3 is 18.9 Å². The summed E-state index contributed by atoms with van der Waals surface area (Å²) in [4.78, 5) is 0. The van der Waals surface area contributed by atoms with Crippen molar-refractivity contribution in [3.05, 3.63) is 12.2 Å². The van der Waals surface area contributed by atoms with E-state index < -0.39 is 5.79 Å². The van der Waals surface area contributed by atoms with Crippen molar-refractivity contribution in [3.8, 4) is 0 Å². The Morgan fingerprint density at radius 2 is 1.55 bits per heavy atom. The van der Waals surface area contributed by atoms with Crippen LogP contribution in [-0.2, 0) is 18.9 Å². The number of hydrogen-bond acceptors (Lipinski definition) is 4. The van der Waals surface area contributed by atoms with Gasteiger partial charge in [0.1, 0.15) is 6.10 Å². The molecule has 2 atom stereocenters. The van der Waals surface area contributed by atoms with Gasteiger partial charge in [-0.3, -0.25) is 0 Å². The molecule has 2 unspecified atom stereocenters. The molecule has 29 heavy (non-hydrogen) atoms. The summed E-state index contributed by atoms with van der Waals surface area (Å²) in [7, 11) is 1.75. The summed E-state index contributed by atoms with van der Waals surface area (Å²) >= 11 is 0. The lowest BCUT2D eigenvalue weighted by molar-refractivity contribution is -0.146. The Labute approximate surface area is 180 Å². The van der Waals surface area contributed by atoms with Crippen molar-refractivity contribution in [1.29, 1.82) is 0 Å². The van der Waals surface area contributed by atoms with E-state index in [0.29, 0.717) is 19.8 Å². The zero-order valence-corrected chi connectivity index (χ0v) is 19.8. The van der Waals surface area contributed by atoms with Crippen LogP contribution in [0.4, 0.5) is 0 Å². The maximum Gasteiger partial charge on any atom is 0.163 e. The van der Waals surface area contributed by atoms with Gasteiger partial charge in [-0.15, -0.1) is 0 Å². The molecule has 172 valence electrons. The molecular formula is C25H48O4. The topological polar surface area (TPSA) is 36.9 Å². The SMILES string of the molecule is CCCCCCCCCCCCC/C=C/CC(COCC1COC(C)(C)O1)OC. The van der Waals surface area contributed by atoms with Gasteiger partial charge in [0.25, 0.3) is 0 Å². The summed E-state index contributed by atoms with van der Waals surface area (Å²) in [6.07, 6.45) is 22.1. The fraction of sp³-hybridized carbons (Fsp3) is 0.920. The molecule has 0 aromatic rings. The second-order valence-electron chi connectivity index (χ2n) is 8.88. The molecule has 0 radical (unpaired) electrons. The quantitative estimate of drug-likeness (QED) is 0.172. The largest absolute Gasteiger partial charge is 0.379 e. The van der Waals surface area contributed by atoms with Crippen molar-refractivity contribution in [2.75, 3.05) is 26.9 Å². The standard InChI is InChI=1S/C25H48O4/c1-5-6-7-8-9-10-11-12-13-14-15-16-17-18-19-23(26-4)20-27-21-24-22-28-25(2,3)29-24/h17-18,23-24H,5-16,19-22H2,1-4H3/b18-17+. The van der Waals surface area contributed by atoms with Gasteiger partial charge in [0.15, 0.2) is 5.79 Å². The molecule has 0 aromatic carbocycles. The van der Waals surface area contributed by atoms with Gasteiger partial charge in [-0.2, -0.15) is 0 Å². The van der Waals surface area contributed by atoms with Gasteiger partial charge in [-0.1, -0.05) is 83.3 Å². The molecule has 4 heteroatoms. The van der Waals surface area contributed by atoms with E-state index in [1.54, 1.807) is 7.11 Å². The number of hydrogen-bond donors (Lipinski definition) is 0. The highest BCUT2D eigenvalue weighted by Crippen LogP contribution is 2.22. The lowest BCUT2D eigenvalue weighted by Gasteiger charge is -2.18. The van der Waals surface area contributed by atoms with Crippen LogP contribution >= 0.6 is 0 Å². The second kappa shape index (κ2) is 17.3. The molecule has 0 aliphatic carbocycles. The van der Waals surface area contributed by atoms with E-state index in [9.17, 15) is 0 Å². The Hall–Kier alpha value is -0.420. The van der Waals surface area contributed by atoms with Crippen LogP contribution in [0.2, 0.25) is 0 Å². The van der Waals surface area contributed by atoms with Crippen LogP contribution in [0.25, 0.3) is 0 Å². The number of allylic oxidation sites excluding steroid dienone is 1. The third-order valence-corrected chi connectivity index (χ3v) is 5.55. The molecule has 1 fully saturated rings. The first-order valence-corrected chi connectivity index (χ1v) is 12.1. The minimum absolute atomic E-state index is 0.0270. The van der Waals surface area contributed by atoms with Crippen molar-refractivity contribution in [2.24, 2.45) is 0 Å². The Morgan fingerprint density at radius 1 is 0.931 bits per heavy atom. The van der Waals surface area contributed by atoms with Gasteiger partial charge in [-0.25, -0.2) is 0 Å². The lowest BCUT2D eigenvalue weighted by atomic mass is 10.1. The Bertz CT molecular complexity index is 394. The first-order chi connectivity index (χ1) is 14.1. The maximum atomic E-state index is 5.77. The van der Waals surface area contributed by atoms with Crippen molar-refractivity contribution in [2.45, 2.75) is 122 Å². The van der Waals surface area contributed by atoms with E-state index in [1.165, 1.54) is 77.0 Å². The first kappa shape index (κ1) is 26.6. The molecule has 0 amide bonds. The first-order valence-electron chi connectivity index (χ1n) is 12.1. The van der Waals surface area contributed by atoms with Crippen LogP contribution < -0.4 is 0 Å². The van der Waals surface area contributed by atoms with Crippen molar-refractivity contribution in [1.82, 2.24) is 0 Å². The molecule has 0 aromatic heterocycles. The fourth-order valence-corrected chi connectivity index (χ4v) is 3.70. The van der Waals surface area contributed by atoms with Crippen molar-refractivity contribution < 1.29 is 18.9 Å². The average molecular weight is 413 g/mol. The average Bonchev–Trinajstić information content (AvgIpc) is 3.05. The Balaban J connectivity index is 1.89. The predicted molar refractivity (Wildman–Crippen MR) is 121 cm³/mol. The van der Waals surface area contributed by atoms with Gasteiger partial charge in [0.05, 0.1) is 25.9 Å². The highest BCUT2D eigenvalue weighted by atomic mass is 16.7. The van der Waals surface area contributed by atoms with Crippen LogP contribution in [0.5, 0.6) is 0 Å². The fourth-order valence-electron chi connectivity index (χ4n) is 3.70. The summed E-state index contributed by atoms with van der Waals surface area (Å²) in [5.41, 5.74) is 0. The number of ether oxygens (including phenoxy) is 4. The van der Waals surface area contributed by atoms with Crippen LogP contribution in [0, 0.1) is 0 Å². The number of unbranched alkanes of at least 4 members (excludes halogenated alkanes) is 11. The van der Waals surface area contributed by atoms with E-state index in [0.717, 1.165) is 6.42 Å². The van der Waals surface area contributed by atoms with Crippen LogP contribution in [0.1, 0.15) is 104 Å². The third kappa shape index (κ3) is 15.1. The summed E-state index contributed by atoms with van der Waals surface area (Å²) in [5.74, 6) is -0.480. The summed E-state index contributed by atoms with van der Waals surface area (Å²) < 4.78 is 22.6. The van der Waals surface area contributed by atoms with Crippen LogP contribution in [0.15, 0.2) is 12.2 Å². The Kier molecular flexibility index (Phi) is 15.9. The lowest BCUT2D eigenvalue weighted by Crippen LogP contribution is -2.26. The van der Waals surface area contributed by atoms with E-state index >= 15 is 0 Å². The van der Waals surface area contributed by atoms with E-state index in [1.807, 2.05) is 13.8 Å². The molecular weight excluding hydrogens is 364 g/mol. The Morgan fingerprint density at radius 3 is 2.10 bits per heavy atom. The zero-order chi connectivity index (χ0) is 21.2. The predicted octanol–water partition coefficient (Wildman–Crippen LogP) is 6.82. The summed E-state index contributed by atoms with van der Waals surface area (Å²) in [5, 5.41) is 0. The van der Waals surface area contributed by atoms with Gasteiger partial charge in [-0.05, 0) is 33.1 Å². The minimum Gasteiger partial charge on any atom is -0.379 e. The van der Waals surface area contributed by atoms with Crippen LogP contribution in [0.3, 0.4) is 0 Å². The highest BCUT2D eigenvalue weighted by Gasteiger charge is 2.32. The van der Waals surface area contributed by atoms with E-state index in [-0.39, 0.29) is 12.2 Å². The molecule has 1 saturated heterocycles. The van der Waals surface area contributed by atoms with Crippen molar-refractivity contribution >= 4 is 0 Å². The molecule has 0 N–H and O–H groups in total. The molecule has 4 nitrogen and oxygen atoms in total. The third-order valence-electron chi connectivity index (χ3n) is 5.55. The monoisotopic (exact) mass is 412 g/mol. The smallest absolute Gasteiger partial charge is 0.163 e. The van der Waals surface area contributed by atoms with Crippen LogP contribution in [-0.4, -0.2) is 44.9 Å². The summed E-state index contributed by atoms with van der Waals surface area (Å²) in [6, 6.07) is 0. The van der Waals surface area contributed by atoms with E-state index in [2.05, 4.69) is 19.1 Å². The molecule has 1 heterocycles. The number of rotatable bonds is 19. The second-order valence-corrected chi connectivity index (χ2v) is 8.88. The molecule has 1 rings (SSSR count). The zero-order valence-electron chi connectivity index (χ0n) is 19.8. The molecule has 0 spiro atoms. The van der Waals surface area contributed by atoms with Gasteiger partial charge >= 0.3 is 0 Å². The van der Waals surface area contributed by atoms with Gasteiger partial charge in [0, 0.05) is 7.11 Å². The van der Waals surface area contributed by atoms with E-state index in [4.69, 9.17) is 18.9 Å². The van der Waals surface area contributed by atoms with Crippen molar-refractivity contribution in [3.63, 3.8) is 0 Å². The molecule has 0 saturated carbocycles.